The summed E-state index contributed by atoms with van der Waals surface area (Å²) in [6.45, 7) is 4.60. The number of nitro benzene ring substituents is 1. The lowest BCUT2D eigenvalue weighted by Gasteiger charge is -2.19. The van der Waals surface area contributed by atoms with Crippen LogP contribution in [0.5, 0.6) is 0 Å². The molecule has 0 spiro atoms. The smallest absolute Gasteiger partial charge is 0.289 e. The summed E-state index contributed by atoms with van der Waals surface area (Å²) in [5.74, 6) is -0.298. The maximum atomic E-state index is 12.3. The third-order valence-corrected chi connectivity index (χ3v) is 4.89. The maximum absolute atomic E-state index is 12.3. The monoisotopic (exact) mass is 302 g/mol. The largest absolute Gasteiger partial charge is 0.396 e. The van der Waals surface area contributed by atoms with Gasteiger partial charge in [0.1, 0.15) is 0 Å². The summed E-state index contributed by atoms with van der Waals surface area (Å²) in [5.41, 5.74) is -0.156. The van der Waals surface area contributed by atoms with E-state index in [-0.39, 0.29) is 17.4 Å². The van der Waals surface area contributed by atoms with Gasteiger partial charge in [-0.15, -0.1) is 0 Å². The zero-order valence-electron chi connectivity index (χ0n) is 11.5. The third-order valence-electron chi connectivity index (χ3n) is 3.14. The van der Waals surface area contributed by atoms with Crippen LogP contribution in [0.3, 0.4) is 0 Å². The minimum atomic E-state index is -4.02. The SMILES string of the molecule is Cc1cccc([N+](=O)[O-])c1S(=O)(=O)NC(C)C(C)CO. The fourth-order valence-corrected chi connectivity index (χ4v) is 3.46. The van der Waals surface area contributed by atoms with Crippen LogP contribution >= 0.6 is 0 Å². The van der Waals surface area contributed by atoms with E-state index in [1.165, 1.54) is 19.1 Å². The Kier molecular flexibility index (Phi) is 5.21. The van der Waals surface area contributed by atoms with Crippen molar-refractivity contribution >= 4 is 15.7 Å². The number of aryl methyl sites for hydroxylation is 1. The van der Waals surface area contributed by atoms with E-state index in [2.05, 4.69) is 4.72 Å². The van der Waals surface area contributed by atoms with Gasteiger partial charge in [-0.25, -0.2) is 13.1 Å². The molecule has 112 valence electrons. The standard InChI is InChI=1S/C12H18N2O5S/c1-8-5-4-6-11(14(16)17)12(8)20(18,19)13-10(3)9(2)7-15/h4-6,9-10,13,15H,7H2,1-3H3. The molecule has 7 nitrogen and oxygen atoms in total. The molecule has 0 aliphatic rings. The zero-order chi connectivity index (χ0) is 15.5. The van der Waals surface area contributed by atoms with Crippen molar-refractivity contribution in [2.24, 2.45) is 5.92 Å². The minimum absolute atomic E-state index is 0.181. The Balaban J connectivity index is 3.26. The lowest BCUT2D eigenvalue weighted by atomic mass is 10.1. The Bertz CT molecular complexity index is 600. The average molecular weight is 302 g/mol. The van der Waals surface area contributed by atoms with Crippen molar-refractivity contribution in [1.82, 2.24) is 4.72 Å². The molecule has 0 aliphatic carbocycles. The van der Waals surface area contributed by atoms with E-state index < -0.39 is 26.7 Å². The average Bonchev–Trinajstić information content (AvgIpc) is 2.36. The van der Waals surface area contributed by atoms with Gasteiger partial charge in [-0.1, -0.05) is 19.1 Å². The topological polar surface area (TPSA) is 110 Å². The molecule has 0 heterocycles. The Morgan fingerprint density at radius 1 is 1.40 bits per heavy atom. The lowest BCUT2D eigenvalue weighted by molar-refractivity contribution is -0.387. The molecule has 20 heavy (non-hydrogen) atoms. The van der Waals surface area contributed by atoms with E-state index in [1.54, 1.807) is 13.8 Å². The molecule has 0 saturated carbocycles. The number of nitrogens with one attached hydrogen (secondary N) is 1. The zero-order valence-corrected chi connectivity index (χ0v) is 12.3. The van der Waals surface area contributed by atoms with Gasteiger partial charge in [-0.3, -0.25) is 10.1 Å². The Morgan fingerprint density at radius 3 is 2.50 bits per heavy atom. The van der Waals surface area contributed by atoms with Crippen LogP contribution in [0.15, 0.2) is 23.1 Å². The normalized spacial score (nSPS) is 14.8. The van der Waals surface area contributed by atoms with E-state index in [0.29, 0.717) is 5.56 Å². The van der Waals surface area contributed by atoms with Crippen molar-refractivity contribution < 1.29 is 18.4 Å². The molecule has 0 fully saturated rings. The number of benzene rings is 1. The molecule has 1 rings (SSSR count). The van der Waals surface area contributed by atoms with Crippen LogP contribution in [0.25, 0.3) is 0 Å². The van der Waals surface area contributed by atoms with Crippen molar-refractivity contribution in [3.05, 3.63) is 33.9 Å². The summed E-state index contributed by atoms with van der Waals surface area (Å²) in [6, 6.07) is 3.56. The third kappa shape index (κ3) is 3.53. The first-order chi connectivity index (χ1) is 9.20. The van der Waals surface area contributed by atoms with E-state index >= 15 is 0 Å². The highest BCUT2D eigenvalue weighted by Gasteiger charge is 2.29. The highest BCUT2D eigenvalue weighted by Crippen LogP contribution is 2.27. The molecule has 1 aromatic rings. The number of nitro groups is 1. The highest BCUT2D eigenvalue weighted by molar-refractivity contribution is 7.89. The van der Waals surface area contributed by atoms with Crippen molar-refractivity contribution in [2.45, 2.75) is 31.7 Å². The fraction of sp³-hybridized carbons (Fsp3) is 0.500. The van der Waals surface area contributed by atoms with Gasteiger partial charge < -0.3 is 5.11 Å². The van der Waals surface area contributed by atoms with E-state index in [4.69, 9.17) is 5.11 Å². The van der Waals surface area contributed by atoms with E-state index in [9.17, 15) is 18.5 Å². The van der Waals surface area contributed by atoms with Crippen LogP contribution < -0.4 is 4.72 Å². The predicted octanol–water partition coefficient (Wildman–Crippen LogP) is 1.20. The molecule has 0 aliphatic heterocycles. The molecule has 2 atom stereocenters. The summed E-state index contributed by atoms with van der Waals surface area (Å²) >= 11 is 0. The second-order valence-electron chi connectivity index (χ2n) is 4.75. The number of aliphatic hydroxyl groups is 1. The molecule has 0 amide bonds. The quantitative estimate of drug-likeness (QED) is 0.606. The van der Waals surface area contributed by atoms with Gasteiger partial charge in [0.2, 0.25) is 10.0 Å². The number of nitrogens with zero attached hydrogens (tertiary/aromatic N) is 1. The molecule has 0 radical (unpaired) electrons. The molecular weight excluding hydrogens is 284 g/mol. The summed E-state index contributed by atoms with van der Waals surface area (Å²) in [5, 5.41) is 20.0. The van der Waals surface area contributed by atoms with Crippen LogP contribution in [0.2, 0.25) is 0 Å². The van der Waals surface area contributed by atoms with Crippen LogP contribution in [0, 0.1) is 23.0 Å². The van der Waals surface area contributed by atoms with Crippen molar-refractivity contribution in [2.75, 3.05) is 6.61 Å². The van der Waals surface area contributed by atoms with Crippen LogP contribution in [0.4, 0.5) is 5.69 Å². The Labute approximate surface area is 117 Å². The lowest BCUT2D eigenvalue weighted by Crippen LogP contribution is -2.38. The van der Waals surface area contributed by atoms with Crippen molar-refractivity contribution in [1.29, 1.82) is 0 Å². The van der Waals surface area contributed by atoms with Gasteiger partial charge in [0.15, 0.2) is 4.90 Å². The first-order valence-corrected chi connectivity index (χ1v) is 7.56. The number of aliphatic hydroxyl groups excluding tert-OH is 1. The number of hydrogen-bond donors (Lipinski definition) is 2. The van der Waals surface area contributed by atoms with Crippen LogP contribution in [-0.2, 0) is 10.0 Å². The van der Waals surface area contributed by atoms with Gasteiger partial charge >= 0.3 is 0 Å². The van der Waals surface area contributed by atoms with E-state index in [1.807, 2.05) is 0 Å². The van der Waals surface area contributed by atoms with Crippen molar-refractivity contribution in [3.8, 4) is 0 Å². The van der Waals surface area contributed by atoms with E-state index in [0.717, 1.165) is 6.07 Å². The van der Waals surface area contributed by atoms with Crippen LogP contribution in [-0.4, -0.2) is 31.1 Å². The van der Waals surface area contributed by atoms with Gasteiger partial charge in [0.05, 0.1) is 4.92 Å². The molecular formula is C12H18N2O5S. The summed E-state index contributed by atoms with van der Waals surface area (Å²) in [4.78, 5) is 9.92. The van der Waals surface area contributed by atoms with Crippen LogP contribution in [0.1, 0.15) is 19.4 Å². The molecule has 1 aromatic carbocycles. The molecule has 0 aromatic heterocycles. The second kappa shape index (κ2) is 6.29. The molecule has 0 bridgehead atoms. The van der Waals surface area contributed by atoms with Gasteiger partial charge in [-0.05, 0) is 25.3 Å². The minimum Gasteiger partial charge on any atom is -0.396 e. The number of rotatable bonds is 6. The molecule has 0 saturated heterocycles. The molecule has 8 heteroatoms. The van der Waals surface area contributed by atoms with Gasteiger partial charge in [0, 0.05) is 18.7 Å². The molecule has 2 N–H and O–H groups in total. The predicted molar refractivity (Wildman–Crippen MR) is 73.9 cm³/mol. The van der Waals surface area contributed by atoms with Gasteiger partial charge in [0.25, 0.3) is 5.69 Å². The first-order valence-electron chi connectivity index (χ1n) is 6.08. The van der Waals surface area contributed by atoms with Gasteiger partial charge in [-0.2, -0.15) is 0 Å². The Hall–Kier alpha value is -1.51. The summed E-state index contributed by atoms with van der Waals surface area (Å²) < 4.78 is 27.0. The highest BCUT2D eigenvalue weighted by atomic mass is 32.2. The summed E-state index contributed by atoms with van der Waals surface area (Å²) in [7, 11) is -4.02. The molecule has 2 unspecified atom stereocenters. The summed E-state index contributed by atoms with van der Waals surface area (Å²) in [6.07, 6.45) is 0. The number of sulfonamides is 1. The maximum Gasteiger partial charge on any atom is 0.289 e. The Morgan fingerprint density at radius 2 is 2.00 bits per heavy atom. The fourth-order valence-electron chi connectivity index (χ4n) is 1.71. The number of hydrogen-bond acceptors (Lipinski definition) is 5. The van der Waals surface area contributed by atoms with Crippen molar-refractivity contribution in [3.63, 3.8) is 0 Å². The second-order valence-corrected chi connectivity index (χ2v) is 6.40. The first kappa shape index (κ1) is 16.5.